The molecule has 0 radical (unpaired) electrons. The zero-order valence-corrected chi connectivity index (χ0v) is 21.8. The van der Waals surface area contributed by atoms with E-state index in [1.54, 1.807) is 11.3 Å². The van der Waals surface area contributed by atoms with Gasteiger partial charge in [0.05, 0.1) is 16.9 Å². The molecule has 3 aromatic heterocycles. The van der Waals surface area contributed by atoms with Crippen molar-refractivity contribution >= 4 is 45.3 Å². The van der Waals surface area contributed by atoms with Crippen LogP contribution in [0.2, 0.25) is 0 Å². The standard InChI is InChI=1S/C29H32N4O2S/c1-29(2,3)35-27(34)12-9-19-7-10-20(11-8-19)25-16-23-24(13-14-30-28(23)33-25)32-22-6-4-5-21(15-22)26-17-36-18-31-26/h4-6,10,13-19H,7-9,11-12H2,1-3H3,(H2,30,32,33). The summed E-state index contributed by atoms with van der Waals surface area (Å²) >= 11 is 1.60. The molecule has 1 unspecified atom stereocenters. The molecule has 1 aromatic carbocycles. The van der Waals surface area contributed by atoms with Crippen molar-refractivity contribution in [2.45, 2.75) is 58.5 Å². The largest absolute Gasteiger partial charge is 0.460 e. The minimum Gasteiger partial charge on any atom is -0.460 e. The minimum atomic E-state index is -0.419. The van der Waals surface area contributed by atoms with Crippen LogP contribution in [0.5, 0.6) is 0 Å². The van der Waals surface area contributed by atoms with Gasteiger partial charge in [-0.1, -0.05) is 18.2 Å². The molecular weight excluding hydrogens is 468 g/mol. The van der Waals surface area contributed by atoms with Gasteiger partial charge in [-0.15, -0.1) is 11.3 Å². The fourth-order valence-electron chi connectivity index (χ4n) is 4.69. The number of aromatic amines is 1. The van der Waals surface area contributed by atoms with Gasteiger partial charge in [0.1, 0.15) is 11.2 Å². The third kappa shape index (κ3) is 5.85. The lowest BCUT2D eigenvalue weighted by Gasteiger charge is -2.23. The van der Waals surface area contributed by atoms with E-state index >= 15 is 0 Å². The van der Waals surface area contributed by atoms with E-state index in [0.29, 0.717) is 12.3 Å². The molecule has 36 heavy (non-hydrogen) atoms. The first-order chi connectivity index (χ1) is 17.3. The second-order valence-corrected chi connectivity index (χ2v) is 11.1. The summed E-state index contributed by atoms with van der Waals surface area (Å²) in [6.45, 7) is 5.74. The van der Waals surface area contributed by atoms with Gasteiger partial charge in [0.15, 0.2) is 0 Å². The molecule has 4 aromatic rings. The van der Waals surface area contributed by atoms with E-state index in [1.165, 1.54) is 5.57 Å². The molecule has 0 saturated carbocycles. The number of pyridine rings is 1. The summed E-state index contributed by atoms with van der Waals surface area (Å²) in [5.74, 6) is 0.419. The molecule has 7 heteroatoms. The lowest BCUT2D eigenvalue weighted by Crippen LogP contribution is -2.24. The van der Waals surface area contributed by atoms with Crippen molar-refractivity contribution in [1.29, 1.82) is 0 Å². The van der Waals surface area contributed by atoms with Gasteiger partial charge < -0.3 is 15.0 Å². The van der Waals surface area contributed by atoms with Gasteiger partial charge in [0.25, 0.3) is 0 Å². The fourth-order valence-corrected chi connectivity index (χ4v) is 5.25. The Labute approximate surface area is 215 Å². The second-order valence-electron chi connectivity index (χ2n) is 10.4. The molecule has 0 fully saturated rings. The van der Waals surface area contributed by atoms with E-state index in [0.717, 1.165) is 65.0 Å². The Balaban J connectivity index is 1.27. The van der Waals surface area contributed by atoms with Gasteiger partial charge in [-0.2, -0.15) is 0 Å². The number of nitrogens with one attached hydrogen (secondary N) is 2. The first kappa shape index (κ1) is 24.3. The Morgan fingerprint density at radius 1 is 1.22 bits per heavy atom. The number of H-pyrrole nitrogens is 1. The molecule has 1 atom stereocenters. The number of ether oxygens (including phenoxy) is 1. The third-order valence-corrected chi connectivity index (χ3v) is 7.03. The van der Waals surface area contributed by atoms with E-state index in [9.17, 15) is 4.79 Å². The summed E-state index contributed by atoms with van der Waals surface area (Å²) in [5, 5.41) is 6.69. The van der Waals surface area contributed by atoms with Gasteiger partial charge in [0, 0.05) is 40.3 Å². The predicted molar refractivity (Wildman–Crippen MR) is 147 cm³/mol. The molecule has 0 amide bonds. The minimum absolute atomic E-state index is 0.101. The van der Waals surface area contributed by atoms with Gasteiger partial charge >= 0.3 is 5.97 Å². The highest BCUT2D eigenvalue weighted by atomic mass is 32.1. The highest BCUT2D eigenvalue weighted by molar-refractivity contribution is 7.07. The van der Waals surface area contributed by atoms with Crippen LogP contribution < -0.4 is 5.32 Å². The van der Waals surface area contributed by atoms with Crippen molar-refractivity contribution in [3.8, 4) is 11.3 Å². The number of rotatable bonds is 7. The normalized spacial score (nSPS) is 16.1. The molecule has 0 aliphatic heterocycles. The van der Waals surface area contributed by atoms with Crippen molar-refractivity contribution in [2.24, 2.45) is 5.92 Å². The number of carbonyl (C=O) groups excluding carboxylic acids is 1. The van der Waals surface area contributed by atoms with Gasteiger partial charge in [-0.3, -0.25) is 4.79 Å². The van der Waals surface area contributed by atoms with Crippen LogP contribution in [0.1, 0.15) is 58.6 Å². The zero-order valence-electron chi connectivity index (χ0n) is 21.0. The maximum Gasteiger partial charge on any atom is 0.306 e. The monoisotopic (exact) mass is 500 g/mol. The molecule has 3 heterocycles. The average Bonchev–Trinajstić information content (AvgIpc) is 3.53. The number of anilines is 2. The number of aromatic nitrogens is 3. The van der Waals surface area contributed by atoms with Crippen LogP contribution in [0.3, 0.4) is 0 Å². The number of benzene rings is 1. The summed E-state index contributed by atoms with van der Waals surface area (Å²) in [5.41, 5.74) is 8.86. The Morgan fingerprint density at radius 2 is 2.11 bits per heavy atom. The van der Waals surface area contributed by atoms with Crippen molar-refractivity contribution in [1.82, 2.24) is 15.0 Å². The molecule has 6 nitrogen and oxygen atoms in total. The van der Waals surface area contributed by atoms with Gasteiger partial charge in [0.2, 0.25) is 0 Å². The fraction of sp³-hybridized carbons (Fsp3) is 0.345. The van der Waals surface area contributed by atoms with Gasteiger partial charge in [-0.25, -0.2) is 9.97 Å². The molecule has 1 aliphatic carbocycles. The summed E-state index contributed by atoms with van der Waals surface area (Å²) < 4.78 is 5.46. The Morgan fingerprint density at radius 3 is 2.86 bits per heavy atom. The Bertz CT molecular complexity index is 1380. The number of hydrogen-bond acceptors (Lipinski definition) is 6. The van der Waals surface area contributed by atoms with Gasteiger partial charge in [-0.05, 0) is 82.2 Å². The van der Waals surface area contributed by atoms with Crippen LogP contribution in [0.15, 0.2) is 59.6 Å². The van der Waals surface area contributed by atoms with E-state index in [1.807, 2.05) is 44.6 Å². The molecule has 0 spiro atoms. The number of allylic oxidation sites excluding steroid dienone is 2. The molecule has 2 N–H and O–H groups in total. The summed E-state index contributed by atoms with van der Waals surface area (Å²) in [6.07, 6.45) is 8.56. The molecule has 1 aliphatic rings. The predicted octanol–water partition coefficient (Wildman–Crippen LogP) is 7.74. The van der Waals surface area contributed by atoms with Crippen molar-refractivity contribution in [3.05, 3.63) is 65.3 Å². The number of hydrogen-bond donors (Lipinski definition) is 2. The topological polar surface area (TPSA) is 79.9 Å². The van der Waals surface area contributed by atoms with Crippen LogP contribution in [-0.2, 0) is 9.53 Å². The SMILES string of the molecule is CC(C)(C)OC(=O)CCC1CC=C(c2cc3c(Nc4cccc(-c5cscn5)c4)ccnc3[nH]2)CC1. The summed E-state index contributed by atoms with van der Waals surface area (Å²) in [4.78, 5) is 24.6. The quantitative estimate of drug-likeness (QED) is 0.254. The van der Waals surface area contributed by atoms with Crippen molar-refractivity contribution in [3.63, 3.8) is 0 Å². The van der Waals surface area contributed by atoms with E-state index in [-0.39, 0.29) is 5.97 Å². The first-order valence-electron chi connectivity index (χ1n) is 12.5. The number of fused-ring (bicyclic) bond motifs is 1. The highest BCUT2D eigenvalue weighted by Gasteiger charge is 2.21. The number of carbonyl (C=O) groups is 1. The van der Waals surface area contributed by atoms with Crippen LogP contribution in [0, 0.1) is 5.92 Å². The van der Waals surface area contributed by atoms with Crippen LogP contribution in [0.4, 0.5) is 11.4 Å². The zero-order chi connectivity index (χ0) is 25.1. The molecule has 0 bridgehead atoms. The second kappa shape index (κ2) is 10.3. The number of esters is 1. The van der Waals surface area contributed by atoms with Crippen molar-refractivity contribution in [2.75, 3.05) is 5.32 Å². The van der Waals surface area contributed by atoms with E-state index in [4.69, 9.17) is 4.74 Å². The number of thiazole rings is 1. The maximum absolute atomic E-state index is 12.1. The molecule has 0 saturated heterocycles. The van der Waals surface area contributed by atoms with E-state index in [2.05, 4.69) is 56.0 Å². The summed E-state index contributed by atoms with van der Waals surface area (Å²) in [6, 6.07) is 12.5. The molecule has 5 rings (SSSR count). The Hall–Kier alpha value is -3.45. The molecule has 186 valence electrons. The lowest BCUT2D eigenvalue weighted by atomic mass is 9.85. The smallest absolute Gasteiger partial charge is 0.306 e. The van der Waals surface area contributed by atoms with E-state index < -0.39 is 5.60 Å². The molecular formula is C29H32N4O2S. The average molecular weight is 501 g/mol. The lowest BCUT2D eigenvalue weighted by molar-refractivity contribution is -0.155. The van der Waals surface area contributed by atoms with Crippen LogP contribution >= 0.6 is 11.3 Å². The first-order valence-corrected chi connectivity index (χ1v) is 13.4. The summed E-state index contributed by atoms with van der Waals surface area (Å²) in [7, 11) is 0. The van der Waals surface area contributed by atoms with Crippen molar-refractivity contribution < 1.29 is 9.53 Å². The van der Waals surface area contributed by atoms with Crippen LogP contribution in [0.25, 0.3) is 27.9 Å². The highest BCUT2D eigenvalue weighted by Crippen LogP contribution is 2.35. The Kier molecular flexibility index (Phi) is 6.92. The third-order valence-electron chi connectivity index (χ3n) is 6.44. The maximum atomic E-state index is 12.1. The number of nitrogens with zero attached hydrogens (tertiary/aromatic N) is 2. The van der Waals surface area contributed by atoms with Crippen LogP contribution in [-0.4, -0.2) is 26.5 Å².